The van der Waals surface area contributed by atoms with Crippen LogP contribution in [0.5, 0.6) is 0 Å². The number of nitrogens with zero attached hydrogens (tertiary/aromatic N) is 3. The van der Waals surface area contributed by atoms with Crippen molar-refractivity contribution in [2.24, 2.45) is 0 Å². The minimum Gasteiger partial charge on any atom is -0.347 e. The number of carbonyl (C=O) groups is 2. The second-order valence-electron chi connectivity index (χ2n) is 8.67. The van der Waals surface area contributed by atoms with E-state index >= 15 is 0 Å². The number of alkyl halides is 6. The Hall–Kier alpha value is -5.17. The molecule has 6 nitrogen and oxygen atoms in total. The minimum absolute atomic E-state index is 0.0508. The molecule has 1 N–H and O–H groups in total. The molecule has 1 aromatic heterocycles. The van der Waals surface area contributed by atoms with E-state index in [0.717, 1.165) is 12.1 Å². The van der Waals surface area contributed by atoms with Gasteiger partial charge in [0.1, 0.15) is 17.5 Å². The zero-order valence-electron chi connectivity index (χ0n) is 21.4. The quantitative estimate of drug-likeness (QED) is 0.169. The predicted molar refractivity (Wildman–Crippen MR) is 137 cm³/mol. The van der Waals surface area contributed by atoms with E-state index in [4.69, 9.17) is 5.26 Å². The number of hydrogen-bond donors (Lipinski definition) is 1. The van der Waals surface area contributed by atoms with Crippen LogP contribution in [0.4, 0.5) is 36.4 Å². The summed E-state index contributed by atoms with van der Waals surface area (Å²) in [6, 6.07) is 8.57. The summed E-state index contributed by atoms with van der Waals surface area (Å²) in [5.74, 6) is 2.91. The fourth-order valence-electron chi connectivity index (χ4n) is 3.57. The molecule has 0 saturated carbocycles. The van der Waals surface area contributed by atoms with Crippen molar-refractivity contribution in [2.75, 3.05) is 11.4 Å². The monoisotopic (exact) mass is 588 g/mol. The molecule has 0 saturated heterocycles. The second kappa shape index (κ2) is 13.0. The first-order chi connectivity index (χ1) is 19.7. The molecule has 42 heavy (non-hydrogen) atoms. The Bertz CT molecular complexity index is 1600. The summed E-state index contributed by atoms with van der Waals surface area (Å²) >= 11 is 0. The van der Waals surface area contributed by atoms with E-state index in [2.05, 4.69) is 28.7 Å². The molecule has 0 aliphatic heterocycles. The number of benzene rings is 2. The molecule has 0 spiro atoms. The van der Waals surface area contributed by atoms with Gasteiger partial charge in [-0.2, -0.15) is 31.6 Å². The van der Waals surface area contributed by atoms with E-state index in [1.54, 1.807) is 6.07 Å². The van der Waals surface area contributed by atoms with Crippen molar-refractivity contribution in [3.05, 3.63) is 107 Å². The lowest BCUT2D eigenvalue weighted by molar-refractivity contribution is -0.142. The van der Waals surface area contributed by atoms with Crippen molar-refractivity contribution in [3.8, 4) is 17.9 Å². The summed E-state index contributed by atoms with van der Waals surface area (Å²) in [7, 11) is 0. The number of anilines is 1. The number of rotatable bonds is 7. The lowest BCUT2D eigenvalue weighted by Crippen LogP contribution is -2.34. The van der Waals surface area contributed by atoms with Crippen molar-refractivity contribution in [1.29, 1.82) is 5.26 Å². The van der Waals surface area contributed by atoms with Crippen LogP contribution in [0.1, 0.15) is 27.8 Å². The van der Waals surface area contributed by atoms with Crippen LogP contribution in [0.3, 0.4) is 0 Å². The number of halogens is 7. The molecule has 216 valence electrons. The second-order valence-corrected chi connectivity index (χ2v) is 8.67. The third-order valence-corrected chi connectivity index (χ3v) is 5.62. The highest BCUT2D eigenvalue weighted by molar-refractivity contribution is 5.97. The van der Waals surface area contributed by atoms with E-state index in [-0.39, 0.29) is 29.3 Å². The van der Waals surface area contributed by atoms with Crippen LogP contribution < -0.4 is 10.2 Å². The van der Waals surface area contributed by atoms with Crippen LogP contribution >= 0.6 is 0 Å². The molecule has 13 heteroatoms. The van der Waals surface area contributed by atoms with Crippen molar-refractivity contribution < 1.29 is 40.3 Å². The maximum Gasteiger partial charge on any atom is 0.418 e. The van der Waals surface area contributed by atoms with Gasteiger partial charge >= 0.3 is 12.4 Å². The summed E-state index contributed by atoms with van der Waals surface area (Å²) < 4.78 is 94.6. The van der Waals surface area contributed by atoms with Crippen LogP contribution in [-0.4, -0.2) is 23.3 Å². The number of nitriles is 1. The standard InChI is InChI=1S/C29H19F7N4O2/c1-18(14-37)27(42)39-17-21-11-20(15-38-16-21)3-2-10-40(26(41)12-19-4-7-23(30)8-5-19)25-9-6-22(28(31,32)33)13-24(25)29(34,35)36/h4-9,11,13,15-16H,1,10,12,17H2,(H,39,42). The number of hydrogen-bond acceptors (Lipinski definition) is 4. The molecule has 0 aliphatic rings. The molecule has 2 aromatic carbocycles. The van der Waals surface area contributed by atoms with E-state index < -0.39 is 59.8 Å². The van der Waals surface area contributed by atoms with Gasteiger partial charge < -0.3 is 5.32 Å². The number of pyridine rings is 1. The Labute approximate surface area is 235 Å². The third-order valence-electron chi connectivity index (χ3n) is 5.62. The van der Waals surface area contributed by atoms with E-state index in [9.17, 15) is 40.3 Å². The molecule has 0 fully saturated rings. The van der Waals surface area contributed by atoms with Gasteiger partial charge in [0.2, 0.25) is 5.91 Å². The lowest BCUT2D eigenvalue weighted by atomic mass is 10.0. The number of aromatic nitrogens is 1. The molecule has 0 atom stereocenters. The number of nitrogens with one attached hydrogen (secondary N) is 1. The maximum atomic E-state index is 13.9. The molecule has 0 unspecified atom stereocenters. The highest BCUT2D eigenvalue weighted by atomic mass is 19.4. The average molecular weight is 588 g/mol. The summed E-state index contributed by atoms with van der Waals surface area (Å²) in [5, 5.41) is 11.2. The van der Waals surface area contributed by atoms with Gasteiger partial charge in [0.15, 0.2) is 0 Å². The van der Waals surface area contributed by atoms with Crippen molar-refractivity contribution in [2.45, 2.75) is 25.3 Å². The minimum atomic E-state index is -5.25. The predicted octanol–water partition coefficient (Wildman–Crippen LogP) is 5.58. The Morgan fingerprint density at radius 1 is 0.952 bits per heavy atom. The van der Waals surface area contributed by atoms with E-state index in [1.807, 2.05) is 0 Å². The topological polar surface area (TPSA) is 86.1 Å². The van der Waals surface area contributed by atoms with Gasteiger partial charge in [-0.3, -0.25) is 19.5 Å². The molecule has 0 aliphatic carbocycles. The van der Waals surface area contributed by atoms with Crippen LogP contribution in [-0.2, 0) is 34.9 Å². The molecule has 0 radical (unpaired) electrons. The van der Waals surface area contributed by atoms with Gasteiger partial charge in [-0.25, -0.2) is 4.39 Å². The van der Waals surface area contributed by atoms with Crippen molar-refractivity contribution in [3.63, 3.8) is 0 Å². The lowest BCUT2D eigenvalue weighted by Gasteiger charge is -2.25. The van der Waals surface area contributed by atoms with Gasteiger partial charge in [0.25, 0.3) is 5.91 Å². The average Bonchev–Trinajstić information content (AvgIpc) is 2.93. The van der Waals surface area contributed by atoms with Gasteiger partial charge in [-0.15, -0.1) is 0 Å². The smallest absolute Gasteiger partial charge is 0.347 e. The summed E-state index contributed by atoms with van der Waals surface area (Å²) in [6.07, 6.45) is -8.13. The van der Waals surface area contributed by atoms with E-state index in [0.29, 0.717) is 22.6 Å². The highest BCUT2D eigenvalue weighted by Gasteiger charge is 2.40. The largest absolute Gasteiger partial charge is 0.418 e. The van der Waals surface area contributed by atoms with Gasteiger partial charge in [0.05, 0.1) is 29.8 Å². The van der Waals surface area contributed by atoms with Crippen molar-refractivity contribution >= 4 is 17.5 Å². The van der Waals surface area contributed by atoms with Gasteiger partial charge in [-0.05, 0) is 47.5 Å². The first-order valence-corrected chi connectivity index (χ1v) is 11.8. The SMILES string of the molecule is C=C(C#N)C(=O)NCc1cncc(C#CCN(C(=O)Cc2ccc(F)cc2)c2ccc(C(F)(F)F)cc2C(F)(F)F)c1. The molecule has 3 rings (SSSR count). The van der Waals surface area contributed by atoms with Crippen LogP contribution in [0.25, 0.3) is 0 Å². The molecule has 3 aromatic rings. The molecule has 0 bridgehead atoms. The Morgan fingerprint density at radius 2 is 1.64 bits per heavy atom. The molecular weight excluding hydrogens is 569 g/mol. The first kappa shape index (κ1) is 31.4. The Morgan fingerprint density at radius 3 is 2.26 bits per heavy atom. The maximum absolute atomic E-state index is 13.9. The zero-order valence-corrected chi connectivity index (χ0v) is 21.4. The molecular formula is C29H19F7N4O2. The molecule has 2 amide bonds. The summed E-state index contributed by atoms with van der Waals surface area (Å²) in [5.41, 5.74) is -3.45. The fraction of sp³-hybridized carbons (Fsp3) is 0.172. The normalized spacial score (nSPS) is 11.1. The zero-order chi connectivity index (χ0) is 31.1. The van der Waals surface area contributed by atoms with Crippen LogP contribution in [0, 0.1) is 29.0 Å². The molecule has 1 heterocycles. The summed E-state index contributed by atoms with van der Waals surface area (Å²) in [4.78, 5) is 29.5. The van der Waals surface area contributed by atoms with E-state index in [1.165, 1.54) is 30.6 Å². The van der Waals surface area contributed by atoms with Gasteiger partial charge in [-0.1, -0.05) is 30.6 Å². The Balaban J connectivity index is 1.96. The van der Waals surface area contributed by atoms with Crippen molar-refractivity contribution in [1.82, 2.24) is 10.3 Å². The number of amides is 2. The van der Waals surface area contributed by atoms with Crippen LogP contribution in [0.2, 0.25) is 0 Å². The summed E-state index contributed by atoms with van der Waals surface area (Å²) in [6.45, 7) is 2.58. The first-order valence-electron chi connectivity index (χ1n) is 11.8. The van der Waals surface area contributed by atoms with Gasteiger partial charge in [0, 0.05) is 24.5 Å². The third kappa shape index (κ3) is 8.41. The van der Waals surface area contributed by atoms with Crippen LogP contribution in [0.15, 0.2) is 73.1 Å². The Kier molecular flexibility index (Phi) is 9.70. The fourth-order valence-corrected chi connectivity index (χ4v) is 3.57. The highest BCUT2D eigenvalue weighted by Crippen LogP contribution is 2.40. The number of carbonyl (C=O) groups excluding carboxylic acids is 2.